The lowest BCUT2D eigenvalue weighted by Gasteiger charge is -2.12. The fourth-order valence-electron chi connectivity index (χ4n) is 2.16. The molecule has 0 saturated heterocycles. The Morgan fingerprint density at radius 1 is 1.39 bits per heavy atom. The zero-order valence-corrected chi connectivity index (χ0v) is 13.2. The van der Waals surface area contributed by atoms with Crippen molar-refractivity contribution in [3.8, 4) is 0 Å². The zero-order chi connectivity index (χ0) is 16.8. The van der Waals surface area contributed by atoms with Gasteiger partial charge in [-0.25, -0.2) is 4.98 Å². The van der Waals surface area contributed by atoms with Crippen LogP contribution in [0.25, 0.3) is 4.96 Å². The van der Waals surface area contributed by atoms with Crippen LogP contribution in [0.4, 0.5) is 18.9 Å². The molecule has 1 amide bonds. The number of rotatable bonds is 2. The summed E-state index contributed by atoms with van der Waals surface area (Å²) >= 11 is 7.23. The first-order chi connectivity index (χ1) is 10.8. The summed E-state index contributed by atoms with van der Waals surface area (Å²) in [7, 11) is 0. The van der Waals surface area contributed by atoms with Gasteiger partial charge in [-0.3, -0.25) is 9.20 Å². The van der Waals surface area contributed by atoms with Gasteiger partial charge in [-0.2, -0.15) is 13.2 Å². The predicted octanol–water partition coefficient (Wildman–Crippen LogP) is 4.63. The standard InChI is InChI=1S/C14H9ClF3N3OS/c1-7-2-3-8(6-9(7)14(16,17)18)19-12(22)10-11(15)20-13-21(10)4-5-23-13/h2-6H,1H3,(H,19,22). The molecule has 1 N–H and O–H groups in total. The number of carbonyl (C=O) groups is 1. The van der Waals surface area contributed by atoms with Gasteiger partial charge in [0.2, 0.25) is 0 Å². The number of aryl methyl sites for hydroxylation is 1. The van der Waals surface area contributed by atoms with Crippen LogP contribution in [0, 0.1) is 6.92 Å². The molecule has 1 aromatic carbocycles. The van der Waals surface area contributed by atoms with E-state index in [9.17, 15) is 18.0 Å². The van der Waals surface area contributed by atoms with Crippen LogP contribution in [-0.2, 0) is 6.18 Å². The van der Waals surface area contributed by atoms with Crippen LogP contribution < -0.4 is 5.32 Å². The maximum Gasteiger partial charge on any atom is 0.416 e. The average Bonchev–Trinajstić information content (AvgIpc) is 2.99. The fourth-order valence-corrected chi connectivity index (χ4v) is 3.18. The number of aromatic nitrogens is 2. The number of hydrogen-bond donors (Lipinski definition) is 1. The number of nitrogens with one attached hydrogen (secondary N) is 1. The molecule has 0 atom stereocenters. The molecule has 0 spiro atoms. The van der Waals surface area contributed by atoms with Gasteiger partial charge in [-0.05, 0) is 24.6 Å². The minimum atomic E-state index is -4.49. The summed E-state index contributed by atoms with van der Waals surface area (Å²) in [4.78, 5) is 16.9. The van der Waals surface area contributed by atoms with Crippen LogP contribution in [0.15, 0.2) is 29.8 Å². The van der Waals surface area contributed by atoms with Crippen molar-refractivity contribution < 1.29 is 18.0 Å². The number of imidazole rings is 1. The maximum atomic E-state index is 12.9. The number of carbonyl (C=O) groups excluding carboxylic acids is 1. The van der Waals surface area contributed by atoms with E-state index in [0.29, 0.717) is 4.96 Å². The Bertz CT molecular complexity index is 900. The molecule has 0 bridgehead atoms. The van der Waals surface area contributed by atoms with Crippen molar-refractivity contribution in [2.75, 3.05) is 5.32 Å². The van der Waals surface area contributed by atoms with E-state index in [4.69, 9.17) is 11.6 Å². The Kier molecular flexibility index (Phi) is 3.81. The second kappa shape index (κ2) is 5.54. The van der Waals surface area contributed by atoms with E-state index in [1.807, 2.05) is 0 Å². The largest absolute Gasteiger partial charge is 0.416 e. The van der Waals surface area contributed by atoms with Gasteiger partial charge in [-0.15, -0.1) is 11.3 Å². The Balaban J connectivity index is 1.94. The number of hydrogen-bond acceptors (Lipinski definition) is 3. The van der Waals surface area contributed by atoms with Crippen molar-refractivity contribution in [1.29, 1.82) is 0 Å². The van der Waals surface area contributed by atoms with Crippen LogP contribution >= 0.6 is 22.9 Å². The molecule has 0 aliphatic rings. The highest BCUT2D eigenvalue weighted by atomic mass is 35.5. The molecule has 2 aromatic heterocycles. The van der Waals surface area contributed by atoms with E-state index in [1.54, 1.807) is 11.6 Å². The molecule has 9 heteroatoms. The molecule has 3 aromatic rings. The second-order valence-corrected chi connectivity index (χ2v) is 6.02. The van der Waals surface area contributed by atoms with E-state index in [0.717, 1.165) is 6.07 Å². The molecule has 3 rings (SSSR count). The fraction of sp³-hybridized carbons (Fsp3) is 0.143. The predicted molar refractivity (Wildman–Crippen MR) is 82.2 cm³/mol. The van der Waals surface area contributed by atoms with E-state index >= 15 is 0 Å². The maximum absolute atomic E-state index is 12.9. The Labute approximate surface area is 137 Å². The van der Waals surface area contributed by atoms with Crippen molar-refractivity contribution in [1.82, 2.24) is 9.38 Å². The zero-order valence-electron chi connectivity index (χ0n) is 11.6. The van der Waals surface area contributed by atoms with Crippen molar-refractivity contribution in [3.05, 3.63) is 51.7 Å². The summed E-state index contributed by atoms with van der Waals surface area (Å²) in [5.74, 6) is -0.627. The highest BCUT2D eigenvalue weighted by Crippen LogP contribution is 2.33. The highest BCUT2D eigenvalue weighted by molar-refractivity contribution is 7.15. The lowest BCUT2D eigenvalue weighted by molar-refractivity contribution is -0.138. The summed E-state index contributed by atoms with van der Waals surface area (Å²) in [5, 5.41) is 4.15. The summed E-state index contributed by atoms with van der Waals surface area (Å²) in [6.45, 7) is 1.36. The first-order valence-corrected chi connectivity index (χ1v) is 7.63. The van der Waals surface area contributed by atoms with Gasteiger partial charge < -0.3 is 5.32 Å². The molecule has 23 heavy (non-hydrogen) atoms. The molecular weight excluding hydrogens is 351 g/mol. The number of halogens is 4. The van der Waals surface area contributed by atoms with Crippen LogP contribution in [0.3, 0.4) is 0 Å². The Morgan fingerprint density at radius 2 is 2.13 bits per heavy atom. The summed E-state index contributed by atoms with van der Waals surface area (Å²) in [6.07, 6.45) is -2.87. The van der Waals surface area contributed by atoms with E-state index in [1.165, 1.54) is 34.8 Å². The minimum absolute atomic E-state index is 0.00231. The third-order valence-corrected chi connectivity index (χ3v) is 4.26. The first kappa shape index (κ1) is 15.8. The molecule has 0 unspecified atom stereocenters. The van der Waals surface area contributed by atoms with Crippen molar-refractivity contribution in [3.63, 3.8) is 0 Å². The lowest BCUT2D eigenvalue weighted by atomic mass is 10.1. The number of benzene rings is 1. The molecule has 0 fully saturated rings. The SMILES string of the molecule is Cc1ccc(NC(=O)c2c(Cl)nc3sccn23)cc1C(F)(F)F. The molecule has 0 aliphatic carbocycles. The second-order valence-electron chi connectivity index (χ2n) is 4.79. The highest BCUT2D eigenvalue weighted by Gasteiger charge is 2.32. The Hall–Kier alpha value is -2.06. The van der Waals surface area contributed by atoms with Gasteiger partial charge in [0.25, 0.3) is 5.91 Å². The monoisotopic (exact) mass is 359 g/mol. The van der Waals surface area contributed by atoms with Crippen molar-refractivity contribution in [2.24, 2.45) is 0 Å². The smallest absolute Gasteiger partial charge is 0.321 e. The summed E-state index contributed by atoms with van der Waals surface area (Å²) in [5.41, 5.74) is -0.598. The van der Waals surface area contributed by atoms with Gasteiger partial charge in [0.15, 0.2) is 15.8 Å². The molecule has 0 radical (unpaired) electrons. The molecular formula is C14H9ClF3N3OS. The molecule has 120 valence electrons. The molecule has 4 nitrogen and oxygen atoms in total. The minimum Gasteiger partial charge on any atom is -0.321 e. The third-order valence-electron chi connectivity index (χ3n) is 3.24. The van der Waals surface area contributed by atoms with Gasteiger partial charge >= 0.3 is 6.18 Å². The molecule has 0 saturated carbocycles. The number of amides is 1. The van der Waals surface area contributed by atoms with E-state index in [2.05, 4.69) is 10.3 Å². The van der Waals surface area contributed by atoms with Gasteiger partial charge in [-0.1, -0.05) is 17.7 Å². The molecule has 0 aliphatic heterocycles. The number of alkyl halides is 3. The van der Waals surface area contributed by atoms with E-state index in [-0.39, 0.29) is 22.1 Å². The number of nitrogens with zero attached hydrogens (tertiary/aromatic N) is 2. The van der Waals surface area contributed by atoms with Crippen LogP contribution in [-0.4, -0.2) is 15.3 Å². The number of thiazole rings is 1. The molecule has 2 heterocycles. The van der Waals surface area contributed by atoms with Gasteiger partial charge in [0.1, 0.15) is 0 Å². The van der Waals surface area contributed by atoms with Crippen LogP contribution in [0.1, 0.15) is 21.6 Å². The van der Waals surface area contributed by atoms with Crippen molar-refractivity contribution in [2.45, 2.75) is 13.1 Å². The first-order valence-electron chi connectivity index (χ1n) is 6.37. The lowest BCUT2D eigenvalue weighted by Crippen LogP contribution is -2.16. The van der Waals surface area contributed by atoms with Crippen LogP contribution in [0.5, 0.6) is 0 Å². The average molecular weight is 360 g/mol. The summed E-state index contributed by atoms with van der Waals surface area (Å²) in [6, 6.07) is 3.60. The van der Waals surface area contributed by atoms with Gasteiger partial charge in [0, 0.05) is 17.3 Å². The van der Waals surface area contributed by atoms with Crippen molar-refractivity contribution >= 4 is 39.5 Å². The van der Waals surface area contributed by atoms with Crippen LogP contribution in [0.2, 0.25) is 5.15 Å². The van der Waals surface area contributed by atoms with Gasteiger partial charge in [0.05, 0.1) is 5.56 Å². The summed E-state index contributed by atoms with van der Waals surface area (Å²) < 4.78 is 40.3. The Morgan fingerprint density at radius 3 is 2.83 bits per heavy atom. The third kappa shape index (κ3) is 2.91. The van der Waals surface area contributed by atoms with E-state index < -0.39 is 17.6 Å². The normalized spacial score (nSPS) is 11.9. The number of fused-ring (bicyclic) bond motifs is 1. The number of anilines is 1. The topological polar surface area (TPSA) is 46.4 Å². The quantitative estimate of drug-likeness (QED) is 0.725.